The Hall–Kier alpha value is -5.86. The van der Waals surface area contributed by atoms with Gasteiger partial charge in [-0.25, -0.2) is 10.4 Å². The Morgan fingerprint density at radius 3 is 2.11 bits per heavy atom. The minimum atomic E-state index is -0.115. The molecule has 7 rings (SSSR count). The van der Waals surface area contributed by atoms with Crippen LogP contribution in [-0.4, -0.2) is 41.9 Å². The first-order valence-corrected chi connectivity index (χ1v) is 20.6. The number of anilines is 3. The molecule has 8 nitrogen and oxygen atoms in total. The maximum Gasteiger partial charge on any atom is 0.272 e. The molecule has 2 heterocycles. The van der Waals surface area contributed by atoms with E-state index in [1.165, 1.54) is 51.4 Å². The van der Waals surface area contributed by atoms with Crippen molar-refractivity contribution in [2.24, 2.45) is 5.92 Å². The second-order valence-corrected chi connectivity index (χ2v) is 14.8. The summed E-state index contributed by atoms with van der Waals surface area (Å²) in [6, 6.07) is 37.0. The van der Waals surface area contributed by atoms with Gasteiger partial charge in [-0.05, 0) is 93.0 Å². The summed E-state index contributed by atoms with van der Waals surface area (Å²) >= 11 is 0. The molecular formula is C49H56N6O2. The van der Waals surface area contributed by atoms with Crippen LogP contribution in [0.5, 0.6) is 0 Å². The van der Waals surface area contributed by atoms with Crippen molar-refractivity contribution in [3.63, 3.8) is 0 Å². The summed E-state index contributed by atoms with van der Waals surface area (Å²) in [4.78, 5) is 37.2. The summed E-state index contributed by atoms with van der Waals surface area (Å²) < 4.78 is 0. The molecular weight excluding hydrogens is 705 g/mol. The van der Waals surface area contributed by atoms with E-state index in [2.05, 4.69) is 51.7 Å². The van der Waals surface area contributed by atoms with Gasteiger partial charge in [0.05, 0.1) is 40.4 Å². The van der Waals surface area contributed by atoms with Gasteiger partial charge in [0.25, 0.3) is 11.8 Å². The Balaban J connectivity index is 0.000000195. The van der Waals surface area contributed by atoms with Crippen LogP contribution in [0.3, 0.4) is 0 Å². The number of amides is 2. The van der Waals surface area contributed by atoms with Crippen LogP contribution in [0.1, 0.15) is 91.8 Å². The summed E-state index contributed by atoms with van der Waals surface area (Å²) in [6.07, 6.45) is 20.3. The van der Waals surface area contributed by atoms with Gasteiger partial charge >= 0.3 is 0 Å². The van der Waals surface area contributed by atoms with Gasteiger partial charge < -0.3 is 10.2 Å². The zero-order valence-corrected chi connectivity index (χ0v) is 33.4. The van der Waals surface area contributed by atoms with Crippen molar-refractivity contribution in [3.05, 3.63) is 151 Å². The number of allylic oxidation sites excluding steroid dienone is 2. The lowest BCUT2D eigenvalue weighted by atomic mass is 10.1. The molecule has 0 unspecified atom stereocenters. The molecule has 0 spiro atoms. The van der Waals surface area contributed by atoms with Gasteiger partial charge in [0.2, 0.25) is 0 Å². The summed E-state index contributed by atoms with van der Waals surface area (Å²) in [5.74, 6) is 0.463. The Kier molecular flexibility index (Phi) is 15.3. The van der Waals surface area contributed by atoms with E-state index in [0.717, 1.165) is 59.1 Å². The van der Waals surface area contributed by atoms with Crippen molar-refractivity contribution >= 4 is 50.7 Å². The molecule has 0 saturated heterocycles. The molecule has 57 heavy (non-hydrogen) atoms. The van der Waals surface area contributed by atoms with E-state index in [9.17, 15) is 9.59 Å². The number of nitrogens with one attached hydrogen (secondary N) is 2. The number of unbranched alkanes of at least 4 members (excludes halogenated alkanes) is 4. The normalized spacial score (nSPS) is 12.7. The summed E-state index contributed by atoms with van der Waals surface area (Å²) in [5, 5.41) is 6.70. The lowest BCUT2D eigenvalue weighted by molar-refractivity contribution is 0.0971. The van der Waals surface area contributed by atoms with Gasteiger partial charge in [0.1, 0.15) is 0 Å². The quantitative estimate of drug-likeness (QED) is 0.0580. The molecule has 2 aromatic heterocycles. The molecule has 1 aliphatic carbocycles. The van der Waals surface area contributed by atoms with Crippen molar-refractivity contribution in [2.75, 3.05) is 35.4 Å². The van der Waals surface area contributed by atoms with Crippen molar-refractivity contribution in [2.45, 2.75) is 71.1 Å². The number of aromatic nitrogens is 2. The van der Waals surface area contributed by atoms with Crippen molar-refractivity contribution in [3.8, 4) is 0 Å². The first-order chi connectivity index (χ1) is 28.0. The van der Waals surface area contributed by atoms with Gasteiger partial charge in [-0.2, -0.15) is 0 Å². The number of rotatable bonds is 16. The minimum absolute atomic E-state index is 0.0549. The summed E-state index contributed by atoms with van der Waals surface area (Å²) in [7, 11) is 2.05. The molecule has 294 valence electrons. The first kappa shape index (κ1) is 40.8. The van der Waals surface area contributed by atoms with E-state index >= 15 is 0 Å². The smallest absolute Gasteiger partial charge is 0.272 e. The number of fused-ring (bicyclic) bond motifs is 2. The number of benzene rings is 4. The van der Waals surface area contributed by atoms with Gasteiger partial charge in [-0.3, -0.25) is 19.6 Å². The summed E-state index contributed by atoms with van der Waals surface area (Å²) in [5.41, 5.74) is 8.99. The van der Waals surface area contributed by atoms with E-state index in [0.29, 0.717) is 22.7 Å². The Bertz CT molecular complexity index is 2220. The second kappa shape index (κ2) is 21.4. The number of para-hydroxylation sites is 3. The topological polar surface area (TPSA) is 90.5 Å². The fourth-order valence-corrected chi connectivity index (χ4v) is 7.26. The fraction of sp³-hybridized carbons (Fsp3) is 0.306. The predicted octanol–water partition coefficient (Wildman–Crippen LogP) is 11.4. The molecule has 8 heteroatoms. The Labute approximate surface area is 338 Å². The van der Waals surface area contributed by atoms with Crippen molar-refractivity contribution < 1.29 is 9.59 Å². The molecule has 0 bridgehead atoms. The van der Waals surface area contributed by atoms with E-state index < -0.39 is 0 Å². The monoisotopic (exact) mass is 760 g/mol. The average molecular weight is 761 g/mol. The fourth-order valence-electron chi connectivity index (χ4n) is 7.26. The number of hydrogen-bond donors (Lipinski definition) is 2. The lowest BCUT2D eigenvalue weighted by Gasteiger charge is -2.25. The minimum Gasteiger partial charge on any atom is -0.374 e. The highest BCUT2D eigenvalue weighted by molar-refractivity contribution is 6.08. The SMILES string of the molecule is CCCCCC=CCCCN(C)c1ccccc1C(=O)Nc1cnc2ccccc2c1.O=C(c1ccccc1)N(NCC1CCCC1)c1cnc2ccccc2c1. The van der Waals surface area contributed by atoms with E-state index in [1.54, 1.807) is 17.4 Å². The molecule has 0 aliphatic heterocycles. The van der Waals surface area contributed by atoms with Gasteiger partial charge in [0, 0.05) is 42.2 Å². The van der Waals surface area contributed by atoms with Crippen LogP contribution in [-0.2, 0) is 0 Å². The lowest BCUT2D eigenvalue weighted by Crippen LogP contribution is -2.45. The number of hydrazine groups is 1. The Morgan fingerprint density at radius 1 is 0.737 bits per heavy atom. The zero-order chi connectivity index (χ0) is 39.7. The van der Waals surface area contributed by atoms with Gasteiger partial charge in [-0.15, -0.1) is 0 Å². The van der Waals surface area contributed by atoms with Crippen molar-refractivity contribution in [1.82, 2.24) is 15.4 Å². The van der Waals surface area contributed by atoms with E-state index in [-0.39, 0.29) is 11.8 Å². The largest absolute Gasteiger partial charge is 0.374 e. The highest BCUT2D eigenvalue weighted by Crippen LogP contribution is 2.26. The van der Waals surface area contributed by atoms with Crippen LogP contribution in [0.15, 0.2) is 140 Å². The number of carbonyl (C=O) groups excluding carboxylic acids is 2. The number of hydrogen-bond acceptors (Lipinski definition) is 6. The standard InChI is InChI=1S/C27H33N3O.C22H23N3O/c1-3-4-5-6-7-8-9-14-19-30(2)26-18-13-11-16-24(26)27(31)29-23-20-22-15-10-12-17-25(22)28-21-23;26-22(18-10-2-1-3-11-18)25(24-15-17-8-4-5-9-17)20-14-19-12-6-7-13-21(19)23-16-20/h7-8,10-13,15-18,20-21H,3-6,9,14,19H2,1-2H3,(H,29,31);1-3,6-7,10-14,16-17,24H,4-5,8-9,15H2. The average Bonchev–Trinajstić information content (AvgIpc) is 3.79. The number of pyridine rings is 2. The first-order valence-electron chi connectivity index (χ1n) is 20.6. The third-order valence-electron chi connectivity index (χ3n) is 10.5. The molecule has 0 radical (unpaired) electrons. The van der Waals surface area contributed by atoms with Crippen LogP contribution in [0.4, 0.5) is 17.1 Å². The second-order valence-electron chi connectivity index (χ2n) is 14.8. The molecule has 1 saturated carbocycles. The molecule has 1 aliphatic rings. The maximum atomic E-state index is 13.1. The number of nitrogens with zero attached hydrogens (tertiary/aromatic N) is 4. The highest BCUT2D eigenvalue weighted by atomic mass is 16.2. The molecule has 0 atom stereocenters. The molecule has 2 amide bonds. The van der Waals surface area contributed by atoms with Gasteiger partial charge in [-0.1, -0.05) is 111 Å². The molecule has 1 fully saturated rings. The Morgan fingerprint density at radius 2 is 1.37 bits per heavy atom. The van der Waals surface area contributed by atoms with E-state index in [4.69, 9.17) is 0 Å². The van der Waals surface area contributed by atoms with E-state index in [1.807, 2.05) is 115 Å². The maximum absolute atomic E-state index is 13.1. The van der Waals surface area contributed by atoms with Crippen LogP contribution >= 0.6 is 0 Å². The molecule has 6 aromatic rings. The third kappa shape index (κ3) is 11.8. The molecule has 2 N–H and O–H groups in total. The number of carbonyl (C=O) groups is 2. The molecule has 4 aromatic carbocycles. The zero-order valence-electron chi connectivity index (χ0n) is 33.4. The van der Waals surface area contributed by atoms with Crippen LogP contribution < -0.4 is 20.7 Å². The highest BCUT2D eigenvalue weighted by Gasteiger charge is 2.22. The van der Waals surface area contributed by atoms with Gasteiger partial charge in [0.15, 0.2) is 0 Å². The van der Waals surface area contributed by atoms with Crippen molar-refractivity contribution in [1.29, 1.82) is 0 Å². The van der Waals surface area contributed by atoms with Crippen LogP contribution in [0.25, 0.3) is 21.8 Å². The predicted molar refractivity (Wildman–Crippen MR) is 237 cm³/mol. The van der Waals surface area contributed by atoms with Crippen LogP contribution in [0.2, 0.25) is 0 Å². The van der Waals surface area contributed by atoms with Crippen LogP contribution in [0, 0.1) is 5.92 Å². The third-order valence-corrected chi connectivity index (χ3v) is 10.5. The summed E-state index contributed by atoms with van der Waals surface area (Å²) in [6.45, 7) is 3.95.